The van der Waals surface area contributed by atoms with Crippen LogP contribution in [-0.4, -0.2) is 13.0 Å². The van der Waals surface area contributed by atoms with E-state index in [-0.39, 0.29) is 11.9 Å². The van der Waals surface area contributed by atoms with Gasteiger partial charge in [-0.15, -0.1) is 0 Å². The molecule has 0 saturated carbocycles. The van der Waals surface area contributed by atoms with Crippen molar-refractivity contribution in [1.82, 2.24) is 5.32 Å². The van der Waals surface area contributed by atoms with Gasteiger partial charge in [0.05, 0.1) is 25.0 Å². The van der Waals surface area contributed by atoms with Crippen LogP contribution in [0, 0.1) is 0 Å². The zero-order valence-electron chi connectivity index (χ0n) is 11.1. The van der Waals surface area contributed by atoms with Crippen molar-refractivity contribution in [3.8, 4) is 5.75 Å². The lowest BCUT2D eigenvalue weighted by Crippen LogP contribution is -2.27. The van der Waals surface area contributed by atoms with Crippen molar-refractivity contribution in [1.29, 1.82) is 0 Å². The van der Waals surface area contributed by atoms with Gasteiger partial charge in [0.25, 0.3) is 5.91 Å². The van der Waals surface area contributed by atoms with E-state index in [0.29, 0.717) is 5.56 Å². The van der Waals surface area contributed by atoms with Gasteiger partial charge in [-0.1, -0.05) is 19.1 Å². The van der Waals surface area contributed by atoms with Crippen LogP contribution in [-0.2, 0) is 0 Å². The summed E-state index contributed by atoms with van der Waals surface area (Å²) in [6, 6.07) is 9.33. The maximum absolute atomic E-state index is 12.0. The van der Waals surface area contributed by atoms with Crippen LogP contribution in [0.3, 0.4) is 0 Å². The lowest BCUT2D eigenvalue weighted by Gasteiger charge is -2.17. The van der Waals surface area contributed by atoms with Gasteiger partial charge in [-0.05, 0) is 30.2 Å². The number of benzene rings is 1. The Morgan fingerprint density at radius 2 is 2.05 bits per heavy atom. The quantitative estimate of drug-likeness (QED) is 0.897. The molecule has 1 heterocycles. The van der Waals surface area contributed by atoms with Gasteiger partial charge in [-0.3, -0.25) is 4.79 Å². The molecular formula is C15H17NO3. The van der Waals surface area contributed by atoms with Crippen molar-refractivity contribution >= 4 is 5.91 Å². The average molecular weight is 259 g/mol. The fraction of sp³-hybridized carbons (Fsp3) is 0.267. The highest BCUT2D eigenvalue weighted by molar-refractivity contribution is 5.94. The minimum Gasteiger partial charge on any atom is -0.497 e. The molecule has 1 N–H and O–H groups in total. The molecule has 100 valence electrons. The smallest absolute Gasteiger partial charge is 0.255 e. The summed E-state index contributed by atoms with van der Waals surface area (Å²) in [4.78, 5) is 12.0. The van der Waals surface area contributed by atoms with Gasteiger partial charge in [-0.25, -0.2) is 0 Å². The van der Waals surface area contributed by atoms with Crippen molar-refractivity contribution in [3.63, 3.8) is 0 Å². The predicted octanol–water partition coefficient (Wildman–Crippen LogP) is 3.17. The van der Waals surface area contributed by atoms with Crippen LogP contribution < -0.4 is 10.1 Å². The normalized spacial score (nSPS) is 11.9. The van der Waals surface area contributed by atoms with E-state index in [1.165, 1.54) is 12.5 Å². The third kappa shape index (κ3) is 3.16. The number of furan rings is 1. The fourth-order valence-electron chi connectivity index (χ4n) is 1.89. The highest BCUT2D eigenvalue weighted by atomic mass is 16.5. The predicted molar refractivity (Wildman–Crippen MR) is 72.2 cm³/mol. The number of hydrogen-bond donors (Lipinski definition) is 1. The number of methoxy groups -OCH3 is 1. The molecule has 0 fully saturated rings. The number of carbonyl (C=O) groups is 1. The van der Waals surface area contributed by atoms with Gasteiger partial charge in [0, 0.05) is 0 Å². The molecule has 0 saturated heterocycles. The summed E-state index contributed by atoms with van der Waals surface area (Å²) < 4.78 is 10.0. The van der Waals surface area contributed by atoms with Gasteiger partial charge in [0.1, 0.15) is 12.0 Å². The summed E-state index contributed by atoms with van der Waals surface area (Å²) >= 11 is 0. The number of hydrogen-bond acceptors (Lipinski definition) is 3. The van der Waals surface area contributed by atoms with Crippen LogP contribution in [0.2, 0.25) is 0 Å². The summed E-state index contributed by atoms with van der Waals surface area (Å²) in [6.07, 6.45) is 3.75. The molecule has 4 heteroatoms. The van der Waals surface area contributed by atoms with Crippen LogP contribution >= 0.6 is 0 Å². The van der Waals surface area contributed by atoms with Crippen molar-refractivity contribution in [3.05, 3.63) is 54.0 Å². The van der Waals surface area contributed by atoms with Crippen LogP contribution in [0.1, 0.15) is 35.3 Å². The molecule has 0 aliphatic heterocycles. The van der Waals surface area contributed by atoms with Crippen molar-refractivity contribution in [2.45, 2.75) is 19.4 Å². The highest BCUT2D eigenvalue weighted by Gasteiger charge is 2.14. The Morgan fingerprint density at radius 3 is 2.58 bits per heavy atom. The number of ether oxygens (including phenoxy) is 1. The van der Waals surface area contributed by atoms with E-state index in [4.69, 9.17) is 9.15 Å². The molecule has 1 atom stereocenters. The lowest BCUT2D eigenvalue weighted by atomic mass is 10.0. The average Bonchev–Trinajstić information content (AvgIpc) is 2.99. The molecule has 4 nitrogen and oxygen atoms in total. The summed E-state index contributed by atoms with van der Waals surface area (Å²) in [7, 11) is 1.63. The highest BCUT2D eigenvalue weighted by Crippen LogP contribution is 2.20. The van der Waals surface area contributed by atoms with Gasteiger partial charge in [0.15, 0.2) is 0 Å². The van der Waals surface area contributed by atoms with Gasteiger partial charge in [-0.2, -0.15) is 0 Å². The fourth-order valence-corrected chi connectivity index (χ4v) is 1.89. The Bertz CT molecular complexity index is 517. The number of carbonyl (C=O) groups excluding carboxylic acids is 1. The Hall–Kier alpha value is -2.23. The van der Waals surface area contributed by atoms with Gasteiger partial charge in [0.2, 0.25) is 0 Å². The largest absolute Gasteiger partial charge is 0.497 e. The van der Waals surface area contributed by atoms with E-state index in [1.807, 2.05) is 31.2 Å². The molecule has 0 radical (unpaired) electrons. The van der Waals surface area contributed by atoms with Crippen LogP contribution in [0.4, 0.5) is 0 Å². The van der Waals surface area contributed by atoms with E-state index in [2.05, 4.69) is 5.32 Å². The minimum atomic E-state index is -0.128. The molecule has 1 aromatic heterocycles. The number of amides is 1. The Labute approximate surface area is 112 Å². The summed E-state index contributed by atoms with van der Waals surface area (Å²) in [5.74, 6) is 0.677. The van der Waals surface area contributed by atoms with Crippen LogP contribution in [0.15, 0.2) is 47.3 Å². The standard InChI is InChI=1S/C15H17NO3/c1-3-14(11-4-6-13(18-2)7-5-11)16-15(17)12-8-9-19-10-12/h4-10,14H,3H2,1-2H3,(H,16,17). The van der Waals surface area contributed by atoms with Crippen molar-refractivity contribution in [2.75, 3.05) is 7.11 Å². The lowest BCUT2D eigenvalue weighted by molar-refractivity contribution is 0.0935. The molecule has 2 aromatic rings. The molecule has 2 rings (SSSR count). The second-order valence-electron chi connectivity index (χ2n) is 4.22. The van der Waals surface area contributed by atoms with Gasteiger partial charge < -0.3 is 14.5 Å². The molecule has 19 heavy (non-hydrogen) atoms. The SMILES string of the molecule is CCC(NC(=O)c1ccoc1)c1ccc(OC)cc1. The molecule has 0 aliphatic rings. The van der Waals surface area contributed by atoms with Crippen LogP contribution in [0.5, 0.6) is 5.75 Å². The zero-order valence-corrected chi connectivity index (χ0v) is 11.1. The van der Waals surface area contributed by atoms with E-state index in [9.17, 15) is 4.79 Å². The Kier molecular flexibility index (Phi) is 4.23. The zero-order chi connectivity index (χ0) is 13.7. The third-order valence-electron chi connectivity index (χ3n) is 3.02. The number of nitrogens with one attached hydrogen (secondary N) is 1. The topological polar surface area (TPSA) is 51.5 Å². The first-order chi connectivity index (χ1) is 9.24. The maximum Gasteiger partial charge on any atom is 0.255 e. The van der Waals surface area contributed by atoms with E-state index in [1.54, 1.807) is 13.2 Å². The first-order valence-electron chi connectivity index (χ1n) is 6.21. The Morgan fingerprint density at radius 1 is 1.32 bits per heavy atom. The van der Waals surface area contributed by atoms with Gasteiger partial charge >= 0.3 is 0 Å². The Balaban J connectivity index is 2.09. The maximum atomic E-state index is 12.0. The second-order valence-corrected chi connectivity index (χ2v) is 4.22. The van der Waals surface area contributed by atoms with Crippen molar-refractivity contribution < 1.29 is 13.9 Å². The second kappa shape index (κ2) is 6.09. The van der Waals surface area contributed by atoms with E-state index in [0.717, 1.165) is 17.7 Å². The first-order valence-corrected chi connectivity index (χ1v) is 6.21. The monoisotopic (exact) mass is 259 g/mol. The van der Waals surface area contributed by atoms with E-state index >= 15 is 0 Å². The molecular weight excluding hydrogens is 242 g/mol. The third-order valence-corrected chi connectivity index (χ3v) is 3.02. The number of rotatable bonds is 5. The molecule has 0 spiro atoms. The molecule has 0 aliphatic carbocycles. The van der Waals surface area contributed by atoms with Crippen molar-refractivity contribution in [2.24, 2.45) is 0 Å². The van der Waals surface area contributed by atoms with E-state index < -0.39 is 0 Å². The summed E-state index contributed by atoms with van der Waals surface area (Å²) in [6.45, 7) is 2.03. The molecule has 1 unspecified atom stereocenters. The molecule has 0 bridgehead atoms. The molecule has 1 aromatic carbocycles. The first kappa shape index (κ1) is 13.2. The van der Waals surface area contributed by atoms with Crippen LogP contribution in [0.25, 0.3) is 0 Å². The minimum absolute atomic E-state index is 0.0201. The molecule has 1 amide bonds. The summed E-state index contributed by atoms with van der Waals surface area (Å²) in [5, 5.41) is 2.98. The summed E-state index contributed by atoms with van der Waals surface area (Å²) in [5.41, 5.74) is 1.59.